The highest BCUT2D eigenvalue weighted by Gasteiger charge is 2.18. The molecule has 5 nitrogen and oxygen atoms in total. The molecule has 5 heteroatoms. The number of rotatable bonds is 7. The van der Waals surface area contributed by atoms with Crippen molar-refractivity contribution >= 4 is 11.6 Å². The van der Waals surface area contributed by atoms with Crippen LogP contribution in [0.2, 0.25) is 0 Å². The predicted octanol–water partition coefficient (Wildman–Crippen LogP) is 6.42. The fourth-order valence-electron chi connectivity index (χ4n) is 3.91. The van der Waals surface area contributed by atoms with Gasteiger partial charge in [0.1, 0.15) is 18.0 Å². The zero-order valence-corrected chi connectivity index (χ0v) is 18.8. The third-order valence-electron chi connectivity index (χ3n) is 5.56. The number of pyridine rings is 1. The quantitative estimate of drug-likeness (QED) is 0.270. The summed E-state index contributed by atoms with van der Waals surface area (Å²) >= 11 is 0. The van der Waals surface area contributed by atoms with Crippen LogP contribution in [0.4, 0.5) is 0 Å². The number of hydrogen-bond donors (Lipinski definition) is 0. The molecule has 5 aromatic rings. The van der Waals surface area contributed by atoms with Gasteiger partial charge in [-0.25, -0.2) is 9.78 Å². The SMILES string of the molecule is CCOC(=O)c1ccn2c(-c3ccccc3)c(-c3ccc(OCc4ccccc4)cc3)nc2c1. The Balaban J connectivity index is 1.52. The Morgan fingerprint density at radius 1 is 0.853 bits per heavy atom. The number of esters is 1. The molecule has 5 rings (SSSR count). The van der Waals surface area contributed by atoms with Crippen molar-refractivity contribution in [3.63, 3.8) is 0 Å². The molecule has 34 heavy (non-hydrogen) atoms. The van der Waals surface area contributed by atoms with Crippen LogP contribution in [0.15, 0.2) is 103 Å². The van der Waals surface area contributed by atoms with Crippen molar-refractivity contribution in [1.82, 2.24) is 9.38 Å². The Bertz CT molecular complexity index is 1410. The number of imidazole rings is 1. The molecule has 0 N–H and O–H groups in total. The van der Waals surface area contributed by atoms with Gasteiger partial charge in [-0.05, 0) is 48.9 Å². The molecule has 0 saturated heterocycles. The maximum absolute atomic E-state index is 12.2. The molecule has 0 aliphatic rings. The number of carbonyl (C=O) groups is 1. The number of nitrogens with zero attached hydrogens (tertiary/aromatic N) is 2. The summed E-state index contributed by atoms with van der Waals surface area (Å²) in [6, 6.07) is 31.7. The summed E-state index contributed by atoms with van der Waals surface area (Å²) in [7, 11) is 0. The first-order valence-electron chi connectivity index (χ1n) is 11.2. The van der Waals surface area contributed by atoms with E-state index in [2.05, 4.69) is 12.1 Å². The second-order valence-electron chi connectivity index (χ2n) is 7.84. The second-order valence-corrected chi connectivity index (χ2v) is 7.84. The normalized spacial score (nSPS) is 10.9. The molecule has 3 aromatic carbocycles. The van der Waals surface area contributed by atoms with Crippen LogP contribution >= 0.6 is 0 Å². The van der Waals surface area contributed by atoms with E-state index in [4.69, 9.17) is 14.5 Å². The van der Waals surface area contributed by atoms with Gasteiger partial charge in [0, 0.05) is 17.3 Å². The van der Waals surface area contributed by atoms with Gasteiger partial charge in [-0.2, -0.15) is 0 Å². The van der Waals surface area contributed by atoms with Crippen LogP contribution in [-0.4, -0.2) is 22.0 Å². The van der Waals surface area contributed by atoms with Gasteiger partial charge in [-0.1, -0.05) is 60.7 Å². The van der Waals surface area contributed by atoms with Gasteiger partial charge >= 0.3 is 5.97 Å². The van der Waals surface area contributed by atoms with E-state index in [1.165, 1.54) is 0 Å². The lowest BCUT2D eigenvalue weighted by Crippen LogP contribution is -2.05. The van der Waals surface area contributed by atoms with E-state index < -0.39 is 0 Å². The molecule has 0 spiro atoms. The van der Waals surface area contributed by atoms with Crippen molar-refractivity contribution in [2.45, 2.75) is 13.5 Å². The maximum atomic E-state index is 12.2. The Hall–Kier alpha value is -4.38. The molecular formula is C29H24N2O3. The van der Waals surface area contributed by atoms with E-state index in [-0.39, 0.29) is 5.97 Å². The lowest BCUT2D eigenvalue weighted by molar-refractivity contribution is 0.0526. The summed E-state index contributed by atoms with van der Waals surface area (Å²) in [6.45, 7) is 2.64. The average molecular weight is 449 g/mol. The van der Waals surface area contributed by atoms with E-state index in [0.29, 0.717) is 24.4 Å². The van der Waals surface area contributed by atoms with Gasteiger partial charge in [-0.15, -0.1) is 0 Å². The van der Waals surface area contributed by atoms with Crippen LogP contribution < -0.4 is 4.74 Å². The Morgan fingerprint density at radius 2 is 1.56 bits per heavy atom. The van der Waals surface area contributed by atoms with Crippen molar-refractivity contribution in [1.29, 1.82) is 0 Å². The van der Waals surface area contributed by atoms with Crippen molar-refractivity contribution in [3.05, 3.63) is 114 Å². The largest absolute Gasteiger partial charge is 0.489 e. The van der Waals surface area contributed by atoms with Gasteiger partial charge in [0.05, 0.1) is 23.6 Å². The maximum Gasteiger partial charge on any atom is 0.338 e. The number of aromatic nitrogens is 2. The van der Waals surface area contributed by atoms with E-state index in [1.54, 1.807) is 19.1 Å². The van der Waals surface area contributed by atoms with Gasteiger partial charge in [0.2, 0.25) is 0 Å². The first-order valence-corrected chi connectivity index (χ1v) is 11.2. The van der Waals surface area contributed by atoms with Crippen molar-refractivity contribution in [3.8, 4) is 28.3 Å². The highest BCUT2D eigenvalue weighted by Crippen LogP contribution is 2.34. The molecule has 0 fully saturated rings. The number of fused-ring (bicyclic) bond motifs is 1. The lowest BCUT2D eigenvalue weighted by Gasteiger charge is -2.09. The number of hydrogen-bond acceptors (Lipinski definition) is 4. The monoisotopic (exact) mass is 448 g/mol. The molecule has 0 aliphatic heterocycles. The molecule has 0 aliphatic carbocycles. The Kier molecular flexibility index (Phi) is 6.08. The molecule has 2 heterocycles. The number of ether oxygens (including phenoxy) is 2. The van der Waals surface area contributed by atoms with Crippen LogP contribution in [0.3, 0.4) is 0 Å². The van der Waals surface area contributed by atoms with Crippen LogP contribution in [0.5, 0.6) is 5.75 Å². The Labute approximate surface area is 198 Å². The molecule has 0 radical (unpaired) electrons. The molecule has 168 valence electrons. The molecule has 0 atom stereocenters. The minimum Gasteiger partial charge on any atom is -0.489 e. The van der Waals surface area contributed by atoms with Gasteiger partial charge in [0.15, 0.2) is 0 Å². The van der Waals surface area contributed by atoms with Gasteiger partial charge in [0.25, 0.3) is 0 Å². The zero-order valence-electron chi connectivity index (χ0n) is 18.8. The molecule has 0 unspecified atom stereocenters. The highest BCUT2D eigenvalue weighted by atomic mass is 16.5. The summed E-state index contributed by atoms with van der Waals surface area (Å²) < 4.78 is 13.1. The van der Waals surface area contributed by atoms with Crippen LogP contribution in [0, 0.1) is 0 Å². The summed E-state index contributed by atoms with van der Waals surface area (Å²) in [5, 5.41) is 0. The minimum absolute atomic E-state index is 0.331. The first-order chi connectivity index (χ1) is 16.7. The third kappa shape index (κ3) is 4.41. The molecule has 0 bridgehead atoms. The van der Waals surface area contributed by atoms with E-state index in [9.17, 15) is 4.79 Å². The number of benzene rings is 3. The molecule has 0 amide bonds. The molecule has 0 saturated carbocycles. The van der Waals surface area contributed by atoms with E-state index in [0.717, 1.165) is 33.8 Å². The van der Waals surface area contributed by atoms with Crippen molar-refractivity contribution in [2.75, 3.05) is 6.61 Å². The zero-order chi connectivity index (χ0) is 23.3. The first kappa shape index (κ1) is 21.5. The standard InChI is InChI=1S/C29H24N2O3/c1-2-33-29(32)24-17-18-31-26(19-24)30-27(28(31)23-11-7-4-8-12-23)22-13-15-25(16-14-22)34-20-21-9-5-3-6-10-21/h3-19H,2,20H2,1H3. The minimum atomic E-state index is -0.351. The molecule has 2 aromatic heterocycles. The summed E-state index contributed by atoms with van der Waals surface area (Å²) in [4.78, 5) is 17.1. The van der Waals surface area contributed by atoms with Crippen molar-refractivity contribution < 1.29 is 14.3 Å². The van der Waals surface area contributed by atoms with Gasteiger partial charge < -0.3 is 9.47 Å². The van der Waals surface area contributed by atoms with Crippen LogP contribution in [0.25, 0.3) is 28.2 Å². The van der Waals surface area contributed by atoms with Crippen LogP contribution in [0.1, 0.15) is 22.8 Å². The molecular weight excluding hydrogens is 424 g/mol. The number of carbonyl (C=O) groups excluding carboxylic acids is 1. The summed E-state index contributed by atoms with van der Waals surface area (Å²) in [5.74, 6) is 0.443. The second kappa shape index (κ2) is 9.63. The van der Waals surface area contributed by atoms with Gasteiger partial charge in [-0.3, -0.25) is 4.40 Å². The fourth-order valence-corrected chi connectivity index (χ4v) is 3.91. The summed E-state index contributed by atoms with van der Waals surface area (Å²) in [5.41, 5.74) is 6.09. The average Bonchev–Trinajstić information content (AvgIpc) is 3.28. The Morgan fingerprint density at radius 3 is 2.26 bits per heavy atom. The lowest BCUT2D eigenvalue weighted by atomic mass is 10.0. The third-order valence-corrected chi connectivity index (χ3v) is 5.56. The predicted molar refractivity (Wildman–Crippen MR) is 133 cm³/mol. The topological polar surface area (TPSA) is 52.8 Å². The smallest absolute Gasteiger partial charge is 0.338 e. The van der Waals surface area contributed by atoms with E-state index in [1.807, 2.05) is 83.4 Å². The fraction of sp³-hybridized carbons (Fsp3) is 0.103. The van der Waals surface area contributed by atoms with Crippen LogP contribution in [-0.2, 0) is 11.3 Å². The highest BCUT2D eigenvalue weighted by molar-refractivity contribution is 5.91. The van der Waals surface area contributed by atoms with Crippen molar-refractivity contribution in [2.24, 2.45) is 0 Å². The summed E-state index contributed by atoms with van der Waals surface area (Å²) in [6.07, 6.45) is 1.87. The van der Waals surface area contributed by atoms with E-state index >= 15 is 0 Å².